The van der Waals surface area contributed by atoms with Crippen molar-refractivity contribution in [1.82, 2.24) is 10.8 Å². The van der Waals surface area contributed by atoms with Crippen LogP contribution in [0.5, 0.6) is 5.75 Å². The SMILES string of the molecule is CCc1cc(C2=NC(c3scc(CC(C)C)c3C)ON2)cc(C)c1OCC(O)CNC(=O)CO. The van der Waals surface area contributed by atoms with E-state index in [1.165, 1.54) is 11.1 Å². The maximum atomic E-state index is 11.1. The topological polar surface area (TPSA) is 112 Å². The molecular formula is C25H35N3O5S. The van der Waals surface area contributed by atoms with Gasteiger partial charge < -0.3 is 20.3 Å². The summed E-state index contributed by atoms with van der Waals surface area (Å²) in [7, 11) is 0. The Morgan fingerprint density at radius 3 is 2.76 bits per heavy atom. The summed E-state index contributed by atoms with van der Waals surface area (Å²) in [6, 6.07) is 4.00. The summed E-state index contributed by atoms with van der Waals surface area (Å²) >= 11 is 1.69. The molecule has 0 radical (unpaired) electrons. The number of amides is 1. The second-order valence-corrected chi connectivity index (χ2v) is 9.87. The number of aliphatic imine (C=N–C) groups is 1. The molecule has 1 aromatic carbocycles. The molecule has 8 nitrogen and oxygen atoms in total. The third-order valence-electron chi connectivity index (χ3n) is 5.65. The largest absolute Gasteiger partial charge is 0.490 e. The van der Waals surface area contributed by atoms with Crippen LogP contribution in [0.3, 0.4) is 0 Å². The third-order valence-corrected chi connectivity index (χ3v) is 6.81. The Morgan fingerprint density at radius 1 is 1.32 bits per heavy atom. The maximum Gasteiger partial charge on any atom is 0.245 e. The Labute approximate surface area is 205 Å². The Bertz CT molecular complexity index is 1030. The molecule has 2 heterocycles. The number of aliphatic hydroxyl groups excluding tert-OH is 2. The van der Waals surface area contributed by atoms with Crippen molar-refractivity contribution in [1.29, 1.82) is 0 Å². The number of amidine groups is 1. The van der Waals surface area contributed by atoms with Crippen LogP contribution in [-0.4, -0.2) is 47.8 Å². The van der Waals surface area contributed by atoms with Crippen molar-refractivity contribution >= 4 is 23.1 Å². The van der Waals surface area contributed by atoms with Crippen molar-refractivity contribution in [2.45, 2.75) is 59.8 Å². The van der Waals surface area contributed by atoms with E-state index in [0.29, 0.717) is 17.5 Å². The van der Waals surface area contributed by atoms with Crippen LogP contribution in [0.2, 0.25) is 0 Å². The quantitative estimate of drug-likeness (QED) is 0.386. The summed E-state index contributed by atoms with van der Waals surface area (Å²) in [5.74, 6) is 1.45. The van der Waals surface area contributed by atoms with E-state index in [1.54, 1.807) is 11.3 Å². The number of nitrogens with one attached hydrogen (secondary N) is 2. The van der Waals surface area contributed by atoms with Crippen molar-refractivity contribution in [3.63, 3.8) is 0 Å². The summed E-state index contributed by atoms with van der Waals surface area (Å²) in [6.07, 6.45) is 0.527. The van der Waals surface area contributed by atoms with Crippen molar-refractivity contribution in [3.05, 3.63) is 50.2 Å². The van der Waals surface area contributed by atoms with Gasteiger partial charge in [-0.25, -0.2) is 15.3 Å². The van der Waals surface area contributed by atoms with Gasteiger partial charge in [0, 0.05) is 12.1 Å². The number of aryl methyl sites for hydroxylation is 2. The molecule has 1 aliphatic rings. The van der Waals surface area contributed by atoms with E-state index in [0.717, 1.165) is 34.4 Å². The normalized spacial score (nSPS) is 16.4. The van der Waals surface area contributed by atoms with Crippen molar-refractivity contribution in [3.8, 4) is 5.75 Å². The van der Waals surface area contributed by atoms with Crippen LogP contribution in [0.1, 0.15) is 59.7 Å². The van der Waals surface area contributed by atoms with E-state index < -0.39 is 18.6 Å². The summed E-state index contributed by atoms with van der Waals surface area (Å²) in [4.78, 5) is 22.9. The fourth-order valence-electron chi connectivity index (χ4n) is 3.86. The molecule has 3 rings (SSSR count). The highest BCUT2D eigenvalue weighted by atomic mass is 32.1. The van der Waals surface area contributed by atoms with Gasteiger partial charge in [-0.2, -0.15) is 0 Å². The molecule has 1 amide bonds. The number of thiophene rings is 1. The van der Waals surface area contributed by atoms with Gasteiger partial charge in [-0.1, -0.05) is 20.8 Å². The van der Waals surface area contributed by atoms with Gasteiger partial charge in [0.1, 0.15) is 25.1 Å². The second kappa shape index (κ2) is 11.8. The van der Waals surface area contributed by atoms with E-state index in [-0.39, 0.29) is 19.4 Å². The van der Waals surface area contributed by atoms with Crippen LogP contribution in [0.25, 0.3) is 0 Å². The molecule has 2 aromatic rings. The molecule has 186 valence electrons. The highest BCUT2D eigenvalue weighted by molar-refractivity contribution is 7.10. The van der Waals surface area contributed by atoms with Gasteiger partial charge in [-0.15, -0.1) is 11.3 Å². The van der Waals surface area contributed by atoms with Gasteiger partial charge in [0.25, 0.3) is 0 Å². The number of aliphatic hydroxyl groups is 2. The van der Waals surface area contributed by atoms with Crippen molar-refractivity contribution in [2.24, 2.45) is 10.9 Å². The van der Waals surface area contributed by atoms with Gasteiger partial charge in [0.05, 0.1) is 4.88 Å². The molecule has 0 spiro atoms. The molecular weight excluding hydrogens is 454 g/mol. The molecule has 2 atom stereocenters. The lowest BCUT2D eigenvalue weighted by molar-refractivity contribution is -0.124. The smallest absolute Gasteiger partial charge is 0.245 e. The second-order valence-electron chi connectivity index (χ2n) is 8.96. The lowest BCUT2D eigenvalue weighted by Crippen LogP contribution is -2.36. The lowest BCUT2D eigenvalue weighted by atomic mass is 10.0. The van der Waals surface area contributed by atoms with Crippen LogP contribution in [-0.2, 0) is 22.5 Å². The van der Waals surface area contributed by atoms with Crippen LogP contribution in [0, 0.1) is 19.8 Å². The average molecular weight is 490 g/mol. The van der Waals surface area contributed by atoms with Gasteiger partial charge in [-0.05, 0) is 72.4 Å². The summed E-state index contributed by atoms with van der Waals surface area (Å²) < 4.78 is 5.89. The fourth-order valence-corrected chi connectivity index (χ4v) is 4.93. The number of benzene rings is 1. The van der Waals surface area contributed by atoms with Crippen LogP contribution >= 0.6 is 11.3 Å². The standard InChI is InChI=1S/C25H35N3O5S/c1-6-17-9-18(8-15(4)22(17)32-12-20(30)10-26-21(31)11-29)24-27-25(33-28-24)23-16(5)19(13-34-23)7-14(2)3/h8-9,13-14,20,25,29-30H,6-7,10-12H2,1-5H3,(H,26,31)(H,27,28). The first-order valence-electron chi connectivity index (χ1n) is 11.6. The number of hydrogen-bond donors (Lipinski definition) is 4. The number of ether oxygens (including phenoxy) is 1. The average Bonchev–Trinajstić information content (AvgIpc) is 3.43. The van der Waals surface area contributed by atoms with Crippen LogP contribution in [0.4, 0.5) is 0 Å². The molecule has 9 heteroatoms. The summed E-state index contributed by atoms with van der Waals surface area (Å²) in [6.45, 7) is 10.00. The number of carbonyl (C=O) groups is 1. The Balaban J connectivity index is 1.73. The molecule has 2 unspecified atom stereocenters. The number of carbonyl (C=O) groups excluding carboxylic acids is 1. The minimum Gasteiger partial charge on any atom is -0.490 e. The van der Waals surface area contributed by atoms with Crippen molar-refractivity contribution in [2.75, 3.05) is 19.8 Å². The first kappa shape index (κ1) is 26.2. The van der Waals surface area contributed by atoms with Gasteiger partial charge in [-0.3, -0.25) is 4.79 Å². The van der Waals surface area contributed by atoms with Crippen molar-refractivity contribution < 1.29 is 24.6 Å². The number of rotatable bonds is 11. The third kappa shape index (κ3) is 6.35. The molecule has 4 N–H and O–H groups in total. The maximum absolute atomic E-state index is 11.1. The fraction of sp³-hybridized carbons (Fsp3) is 0.520. The zero-order chi connectivity index (χ0) is 24.8. The highest BCUT2D eigenvalue weighted by Gasteiger charge is 2.26. The number of hydrogen-bond acceptors (Lipinski definition) is 8. The monoisotopic (exact) mass is 489 g/mol. The van der Waals surface area contributed by atoms with E-state index in [9.17, 15) is 9.90 Å². The lowest BCUT2D eigenvalue weighted by Gasteiger charge is -2.18. The zero-order valence-corrected chi connectivity index (χ0v) is 21.3. The highest BCUT2D eigenvalue weighted by Crippen LogP contribution is 2.35. The van der Waals surface area contributed by atoms with Crippen LogP contribution in [0.15, 0.2) is 22.5 Å². The minimum absolute atomic E-state index is 0.0124. The number of hydroxylamine groups is 1. The first-order chi connectivity index (χ1) is 16.2. The predicted molar refractivity (Wildman–Crippen MR) is 133 cm³/mol. The van der Waals surface area contributed by atoms with Crippen LogP contribution < -0.4 is 15.5 Å². The first-order valence-corrected chi connectivity index (χ1v) is 12.5. The minimum atomic E-state index is -0.885. The molecule has 34 heavy (non-hydrogen) atoms. The van der Waals surface area contributed by atoms with Gasteiger partial charge in [0.2, 0.25) is 12.1 Å². The summed E-state index contributed by atoms with van der Waals surface area (Å²) in [5, 5.41) is 23.5. The predicted octanol–water partition coefficient (Wildman–Crippen LogP) is 2.95. The Morgan fingerprint density at radius 2 is 2.09 bits per heavy atom. The van der Waals surface area contributed by atoms with E-state index in [2.05, 4.69) is 36.9 Å². The molecule has 1 aliphatic heterocycles. The van der Waals surface area contributed by atoms with Gasteiger partial charge >= 0.3 is 0 Å². The molecule has 0 bridgehead atoms. The molecule has 0 saturated heterocycles. The van der Waals surface area contributed by atoms with E-state index in [1.807, 2.05) is 26.0 Å². The molecule has 0 aliphatic carbocycles. The molecule has 0 fully saturated rings. The molecule has 0 saturated carbocycles. The Kier molecular flexibility index (Phi) is 9.07. The number of nitrogens with zero attached hydrogens (tertiary/aromatic N) is 1. The van der Waals surface area contributed by atoms with Gasteiger partial charge in [0.15, 0.2) is 5.84 Å². The van der Waals surface area contributed by atoms with E-state index in [4.69, 9.17) is 19.7 Å². The molecule has 1 aromatic heterocycles. The zero-order valence-electron chi connectivity index (χ0n) is 20.5. The Hall–Kier alpha value is -2.46. The van der Waals surface area contributed by atoms with E-state index >= 15 is 0 Å². The summed E-state index contributed by atoms with van der Waals surface area (Å²) in [5.41, 5.74) is 8.41.